The molecule has 7 heteroatoms. The van der Waals surface area contributed by atoms with E-state index in [1.165, 1.54) is 20.3 Å². The smallest absolute Gasteiger partial charge is 0.317 e. The van der Waals surface area contributed by atoms with Crippen LogP contribution < -0.4 is 14.2 Å². The van der Waals surface area contributed by atoms with Gasteiger partial charge in [-0.15, -0.1) is 0 Å². The predicted molar refractivity (Wildman–Crippen MR) is 82.2 cm³/mol. The van der Waals surface area contributed by atoms with Gasteiger partial charge in [-0.1, -0.05) is 6.07 Å². The van der Waals surface area contributed by atoms with E-state index < -0.39 is 4.92 Å². The first kappa shape index (κ1) is 16.1. The van der Waals surface area contributed by atoms with Crippen LogP contribution in [-0.2, 0) is 0 Å². The first-order chi connectivity index (χ1) is 11.0. The molecular weight excluding hydrogens is 300 g/mol. The Bertz CT molecular complexity index is 796. The van der Waals surface area contributed by atoms with E-state index in [2.05, 4.69) is 0 Å². The SMILES string of the molecule is COc1cc(Oc2cccc(C#N)c2)c(OC)c(C)c1[N+](=O)[O-]. The van der Waals surface area contributed by atoms with Gasteiger partial charge in [0.1, 0.15) is 5.75 Å². The molecule has 0 amide bonds. The summed E-state index contributed by atoms with van der Waals surface area (Å²) in [5.41, 5.74) is 0.554. The molecule has 0 radical (unpaired) electrons. The van der Waals surface area contributed by atoms with E-state index in [4.69, 9.17) is 19.5 Å². The third-order valence-corrected chi connectivity index (χ3v) is 3.21. The van der Waals surface area contributed by atoms with Crippen LogP contribution >= 0.6 is 0 Å². The van der Waals surface area contributed by atoms with Crippen molar-refractivity contribution in [3.63, 3.8) is 0 Å². The van der Waals surface area contributed by atoms with Crippen molar-refractivity contribution in [2.75, 3.05) is 14.2 Å². The summed E-state index contributed by atoms with van der Waals surface area (Å²) in [4.78, 5) is 10.7. The van der Waals surface area contributed by atoms with E-state index in [1.807, 2.05) is 6.07 Å². The highest BCUT2D eigenvalue weighted by Crippen LogP contribution is 2.45. The fourth-order valence-electron chi connectivity index (χ4n) is 2.20. The third kappa shape index (κ3) is 3.16. The second kappa shape index (κ2) is 6.66. The normalized spacial score (nSPS) is 9.83. The number of methoxy groups -OCH3 is 2. The Morgan fingerprint density at radius 2 is 1.91 bits per heavy atom. The molecule has 0 heterocycles. The van der Waals surface area contributed by atoms with Gasteiger partial charge in [0.05, 0.1) is 36.3 Å². The second-order valence-corrected chi connectivity index (χ2v) is 4.58. The summed E-state index contributed by atoms with van der Waals surface area (Å²) in [5.74, 6) is 0.986. The van der Waals surface area contributed by atoms with Crippen LogP contribution in [0.5, 0.6) is 23.0 Å². The van der Waals surface area contributed by atoms with Crippen molar-refractivity contribution in [2.45, 2.75) is 6.92 Å². The fraction of sp³-hybridized carbons (Fsp3) is 0.188. The lowest BCUT2D eigenvalue weighted by molar-refractivity contribution is -0.386. The Kier molecular flexibility index (Phi) is 4.66. The molecule has 2 aromatic carbocycles. The Morgan fingerprint density at radius 1 is 1.17 bits per heavy atom. The predicted octanol–water partition coefficient (Wildman–Crippen LogP) is 3.58. The zero-order valence-electron chi connectivity index (χ0n) is 12.8. The zero-order chi connectivity index (χ0) is 17.0. The van der Waals surface area contributed by atoms with Gasteiger partial charge in [0.25, 0.3) is 0 Å². The molecule has 0 aliphatic heterocycles. The minimum absolute atomic E-state index is 0.0692. The van der Waals surface area contributed by atoms with E-state index in [0.29, 0.717) is 16.9 Å². The number of hydrogen-bond donors (Lipinski definition) is 0. The molecule has 0 aromatic heterocycles. The second-order valence-electron chi connectivity index (χ2n) is 4.58. The van der Waals surface area contributed by atoms with Gasteiger partial charge in [-0.05, 0) is 25.1 Å². The minimum atomic E-state index is -0.531. The van der Waals surface area contributed by atoms with Gasteiger partial charge in [0, 0.05) is 6.07 Å². The van der Waals surface area contributed by atoms with Crippen molar-refractivity contribution in [2.24, 2.45) is 0 Å². The van der Waals surface area contributed by atoms with Gasteiger partial charge in [-0.25, -0.2) is 0 Å². The van der Waals surface area contributed by atoms with Crippen LogP contribution in [0.2, 0.25) is 0 Å². The number of ether oxygens (including phenoxy) is 3. The molecule has 0 fully saturated rings. The highest BCUT2D eigenvalue weighted by molar-refractivity contribution is 5.65. The summed E-state index contributed by atoms with van der Waals surface area (Å²) in [6.45, 7) is 1.55. The summed E-state index contributed by atoms with van der Waals surface area (Å²) in [6.07, 6.45) is 0. The maximum atomic E-state index is 11.2. The summed E-state index contributed by atoms with van der Waals surface area (Å²) in [6, 6.07) is 9.96. The van der Waals surface area contributed by atoms with Crippen molar-refractivity contribution in [1.82, 2.24) is 0 Å². The molecular formula is C16H14N2O5. The Morgan fingerprint density at radius 3 is 2.48 bits per heavy atom. The van der Waals surface area contributed by atoms with E-state index >= 15 is 0 Å². The number of hydrogen-bond acceptors (Lipinski definition) is 6. The number of nitro benzene ring substituents is 1. The molecule has 0 saturated carbocycles. The Hall–Kier alpha value is -3.27. The van der Waals surface area contributed by atoms with Gasteiger partial charge >= 0.3 is 5.69 Å². The lowest BCUT2D eigenvalue weighted by Gasteiger charge is -2.15. The lowest BCUT2D eigenvalue weighted by atomic mass is 10.1. The topological polar surface area (TPSA) is 94.6 Å². The number of rotatable bonds is 5. The molecule has 0 aliphatic carbocycles. The summed E-state index contributed by atoms with van der Waals surface area (Å²) in [7, 11) is 2.74. The minimum Gasteiger partial charge on any atom is -0.492 e. The van der Waals surface area contributed by atoms with E-state index in [1.54, 1.807) is 31.2 Å². The largest absolute Gasteiger partial charge is 0.492 e. The molecule has 0 spiro atoms. The quantitative estimate of drug-likeness (QED) is 0.618. The van der Waals surface area contributed by atoms with Crippen LogP contribution in [0.4, 0.5) is 5.69 Å². The third-order valence-electron chi connectivity index (χ3n) is 3.21. The Balaban J connectivity index is 2.56. The van der Waals surface area contributed by atoms with Crippen molar-refractivity contribution in [1.29, 1.82) is 5.26 Å². The molecule has 0 bridgehead atoms. The van der Waals surface area contributed by atoms with Gasteiger partial charge < -0.3 is 14.2 Å². The molecule has 7 nitrogen and oxygen atoms in total. The summed E-state index contributed by atoms with van der Waals surface area (Å²) < 4.78 is 16.0. The number of nitrogens with zero attached hydrogens (tertiary/aromatic N) is 2. The number of nitro groups is 1. The van der Waals surface area contributed by atoms with Crippen LogP contribution in [0, 0.1) is 28.4 Å². The van der Waals surface area contributed by atoms with Crippen molar-refractivity contribution in [3.05, 3.63) is 51.6 Å². The van der Waals surface area contributed by atoms with Crippen LogP contribution in [0.3, 0.4) is 0 Å². The molecule has 2 rings (SSSR count). The van der Waals surface area contributed by atoms with Gasteiger partial charge in [-0.3, -0.25) is 10.1 Å². The average molecular weight is 314 g/mol. The number of benzene rings is 2. The maximum Gasteiger partial charge on any atom is 0.317 e. The maximum absolute atomic E-state index is 11.2. The molecule has 23 heavy (non-hydrogen) atoms. The van der Waals surface area contributed by atoms with E-state index in [9.17, 15) is 10.1 Å². The monoisotopic (exact) mass is 314 g/mol. The summed E-state index contributed by atoms with van der Waals surface area (Å²) >= 11 is 0. The van der Waals surface area contributed by atoms with Crippen molar-refractivity contribution < 1.29 is 19.1 Å². The molecule has 0 atom stereocenters. The molecule has 0 saturated heterocycles. The van der Waals surface area contributed by atoms with Crippen LogP contribution in [0.25, 0.3) is 0 Å². The average Bonchev–Trinajstić information content (AvgIpc) is 2.54. The number of nitriles is 1. The molecule has 0 N–H and O–H groups in total. The first-order valence-corrected chi connectivity index (χ1v) is 6.59. The molecule has 0 unspecified atom stereocenters. The van der Waals surface area contributed by atoms with Crippen molar-refractivity contribution in [3.8, 4) is 29.1 Å². The molecule has 0 aliphatic rings. The highest BCUT2D eigenvalue weighted by atomic mass is 16.6. The Labute approximate surface area is 132 Å². The molecule has 118 valence electrons. The van der Waals surface area contributed by atoms with Crippen molar-refractivity contribution >= 4 is 5.69 Å². The lowest BCUT2D eigenvalue weighted by Crippen LogP contribution is -2.01. The van der Waals surface area contributed by atoms with Gasteiger partial charge in [-0.2, -0.15) is 5.26 Å². The van der Waals surface area contributed by atoms with E-state index in [-0.39, 0.29) is 22.9 Å². The fourth-order valence-corrected chi connectivity index (χ4v) is 2.20. The first-order valence-electron chi connectivity index (χ1n) is 6.59. The van der Waals surface area contributed by atoms with Crippen LogP contribution in [0.1, 0.15) is 11.1 Å². The van der Waals surface area contributed by atoms with Crippen LogP contribution in [-0.4, -0.2) is 19.1 Å². The van der Waals surface area contributed by atoms with Gasteiger partial charge in [0.15, 0.2) is 11.5 Å². The van der Waals surface area contributed by atoms with Crippen LogP contribution in [0.15, 0.2) is 30.3 Å². The summed E-state index contributed by atoms with van der Waals surface area (Å²) in [5, 5.41) is 20.1. The highest BCUT2D eigenvalue weighted by Gasteiger charge is 2.26. The standard InChI is InChI=1S/C16H14N2O5/c1-10-15(18(19)20)13(21-2)8-14(16(10)22-3)23-12-6-4-5-11(7-12)9-17/h4-8H,1-3H3. The van der Waals surface area contributed by atoms with Gasteiger partial charge in [0.2, 0.25) is 5.75 Å². The molecule has 2 aromatic rings. The van der Waals surface area contributed by atoms with E-state index in [0.717, 1.165) is 0 Å². The zero-order valence-corrected chi connectivity index (χ0v) is 12.8.